The second-order valence-electron chi connectivity index (χ2n) is 9.60. The van der Waals surface area contributed by atoms with Crippen molar-refractivity contribution in [3.63, 3.8) is 0 Å². The number of nitrogens with zero attached hydrogens (tertiary/aromatic N) is 2. The molecule has 1 unspecified atom stereocenters. The maximum atomic E-state index is 13.2. The summed E-state index contributed by atoms with van der Waals surface area (Å²) in [6, 6.07) is 3.94. The van der Waals surface area contributed by atoms with Gasteiger partial charge in [0.15, 0.2) is 5.78 Å². The Morgan fingerprint density at radius 2 is 1.68 bits per heavy atom. The molecule has 0 aromatic heterocycles. The van der Waals surface area contributed by atoms with Crippen LogP contribution in [0.3, 0.4) is 0 Å². The van der Waals surface area contributed by atoms with Crippen LogP contribution in [0.4, 0.5) is 0 Å². The first kappa shape index (κ1) is 24.0. The quantitative estimate of drug-likeness (QED) is 0.448. The van der Waals surface area contributed by atoms with Crippen molar-refractivity contribution in [2.24, 2.45) is 0 Å². The first-order valence-corrected chi connectivity index (χ1v) is 12.0. The van der Waals surface area contributed by atoms with Crippen molar-refractivity contribution in [3.05, 3.63) is 41.0 Å². The van der Waals surface area contributed by atoms with Crippen molar-refractivity contribution < 1.29 is 14.6 Å². The van der Waals surface area contributed by atoms with Crippen LogP contribution < -0.4 is 4.74 Å². The Labute approximate surface area is 188 Å². The molecule has 3 rings (SSSR count). The smallest absolute Gasteiger partial charge is 0.189 e. The predicted molar refractivity (Wildman–Crippen MR) is 126 cm³/mol. The van der Waals surface area contributed by atoms with E-state index in [1.807, 2.05) is 19.1 Å². The number of aliphatic hydroxyl groups excluding tert-OH is 1. The molecule has 2 fully saturated rings. The minimum atomic E-state index is -0.510. The van der Waals surface area contributed by atoms with Crippen molar-refractivity contribution >= 4 is 5.78 Å². The molecule has 0 bridgehead atoms. The molecule has 1 aromatic carbocycles. The lowest BCUT2D eigenvalue weighted by molar-refractivity contribution is 0.0753. The summed E-state index contributed by atoms with van der Waals surface area (Å²) in [6.45, 7) is 16.1. The van der Waals surface area contributed by atoms with Crippen LogP contribution in [0, 0.1) is 6.92 Å². The number of aryl methyl sites for hydroxylation is 1. The van der Waals surface area contributed by atoms with E-state index in [0.29, 0.717) is 18.7 Å². The van der Waals surface area contributed by atoms with Gasteiger partial charge >= 0.3 is 0 Å². The van der Waals surface area contributed by atoms with Crippen LogP contribution in [0.15, 0.2) is 24.3 Å². The van der Waals surface area contributed by atoms with Crippen LogP contribution in [0.5, 0.6) is 5.75 Å². The van der Waals surface area contributed by atoms with Crippen LogP contribution in [0.1, 0.15) is 73.4 Å². The Bertz CT molecular complexity index is 762. The number of hydrogen-bond acceptors (Lipinski definition) is 5. The van der Waals surface area contributed by atoms with Gasteiger partial charge in [0.2, 0.25) is 0 Å². The molecule has 0 spiro atoms. The van der Waals surface area contributed by atoms with Crippen molar-refractivity contribution in [1.82, 2.24) is 9.80 Å². The molecule has 31 heavy (non-hydrogen) atoms. The van der Waals surface area contributed by atoms with Crippen LogP contribution in [0.25, 0.3) is 0 Å². The summed E-state index contributed by atoms with van der Waals surface area (Å²) in [5.74, 6) is 1.02. The third-order valence-electron chi connectivity index (χ3n) is 6.51. The van der Waals surface area contributed by atoms with Gasteiger partial charge in [-0.05, 0) is 88.0 Å². The van der Waals surface area contributed by atoms with Crippen LogP contribution in [-0.4, -0.2) is 72.7 Å². The van der Waals surface area contributed by atoms with Gasteiger partial charge in [-0.15, -0.1) is 0 Å². The standard InChI is InChI=1S/C26H40N2O3/c1-19(2)23-15-24(26(30)21(4)16-27-10-6-5-7-11-27)20(3)14-25(23)31-18-22(29)17-28-12-8-9-13-28/h14-15,19,22,29H,4-13,16-18H2,1-3H3. The van der Waals surface area contributed by atoms with E-state index in [-0.39, 0.29) is 18.3 Å². The third-order valence-corrected chi connectivity index (χ3v) is 6.51. The molecule has 2 aliphatic heterocycles. The van der Waals surface area contributed by atoms with Gasteiger partial charge in [-0.25, -0.2) is 0 Å². The van der Waals surface area contributed by atoms with Gasteiger partial charge in [-0.1, -0.05) is 26.8 Å². The summed E-state index contributed by atoms with van der Waals surface area (Å²) in [6.07, 6.45) is 5.60. The molecule has 1 atom stereocenters. The van der Waals surface area contributed by atoms with Gasteiger partial charge in [0, 0.05) is 24.2 Å². The highest BCUT2D eigenvalue weighted by atomic mass is 16.5. The number of Topliss-reactive ketones (excluding diaryl/α,β-unsaturated/α-hetero) is 1. The molecule has 5 heteroatoms. The Balaban J connectivity index is 1.67. The van der Waals surface area contributed by atoms with Gasteiger partial charge in [-0.3, -0.25) is 9.69 Å². The fourth-order valence-electron chi connectivity index (χ4n) is 4.67. The van der Waals surface area contributed by atoms with Crippen molar-refractivity contribution in [3.8, 4) is 5.75 Å². The largest absolute Gasteiger partial charge is 0.491 e. The number of rotatable bonds is 10. The number of ketones is 1. The van der Waals surface area contributed by atoms with Gasteiger partial charge < -0.3 is 14.7 Å². The number of likely N-dealkylation sites (tertiary alicyclic amines) is 2. The Morgan fingerprint density at radius 3 is 2.32 bits per heavy atom. The van der Waals surface area contributed by atoms with E-state index in [0.717, 1.165) is 48.6 Å². The van der Waals surface area contributed by atoms with E-state index in [1.54, 1.807) is 0 Å². The zero-order valence-electron chi connectivity index (χ0n) is 19.7. The molecule has 5 nitrogen and oxygen atoms in total. The monoisotopic (exact) mass is 428 g/mol. The second kappa shape index (κ2) is 11.3. The topological polar surface area (TPSA) is 53.0 Å². The Hall–Kier alpha value is -1.69. The average Bonchev–Trinajstić information content (AvgIpc) is 3.25. The lowest BCUT2D eigenvalue weighted by atomic mass is 9.92. The maximum Gasteiger partial charge on any atom is 0.189 e. The van der Waals surface area contributed by atoms with Crippen LogP contribution in [-0.2, 0) is 0 Å². The molecule has 0 aliphatic carbocycles. The minimum Gasteiger partial charge on any atom is -0.491 e. The molecule has 1 aromatic rings. The van der Waals surface area contributed by atoms with Gasteiger partial charge in [0.25, 0.3) is 0 Å². The summed E-state index contributed by atoms with van der Waals surface area (Å²) < 4.78 is 6.05. The second-order valence-corrected chi connectivity index (χ2v) is 9.60. The molecular weight excluding hydrogens is 388 g/mol. The van der Waals surface area contributed by atoms with Crippen LogP contribution in [0.2, 0.25) is 0 Å². The number of β-amino-alcohol motifs (C(OH)–C–C–N with tert-alkyl or cyclic N) is 1. The fourth-order valence-corrected chi connectivity index (χ4v) is 4.67. The van der Waals surface area contributed by atoms with Crippen molar-refractivity contribution in [2.75, 3.05) is 45.9 Å². The van der Waals surface area contributed by atoms with Crippen LogP contribution >= 0.6 is 0 Å². The number of benzene rings is 1. The van der Waals surface area contributed by atoms with E-state index in [4.69, 9.17) is 4.74 Å². The highest BCUT2D eigenvalue weighted by Gasteiger charge is 2.22. The summed E-state index contributed by atoms with van der Waals surface area (Å²) in [5, 5.41) is 10.4. The SMILES string of the molecule is C=C(CN1CCCCC1)C(=O)c1cc(C(C)C)c(OCC(O)CN2CCCC2)cc1C. The molecule has 172 valence electrons. The van der Waals surface area contributed by atoms with Gasteiger partial charge in [-0.2, -0.15) is 0 Å². The molecule has 2 heterocycles. The number of hydrogen-bond donors (Lipinski definition) is 1. The maximum absolute atomic E-state index is 13.2. The normalized spacial score (nSPS) is 19.0. The lowest BCUT2D eigenvalue weighted by Gasteiger charge is -2.27. The molecule has 0 saturated carbocycles. The number of piperidine rings is 1. The molecular formula is C26H40N2O3. The van der Waals surface area contributed by atoms with E-state index in [1.165, 1.54) is 32.1 Å². The molecule has 2 aliphatic rings. The average molecular weight is 429 g/mol. The zero-order chi connectivity index (χ0) is 22.4. The van der Waals surface area contributed by atoms with Gasteiger partial charge in [0.1, 0.15) is 18.5 Å². The summed E-state index contributed by atoms with van der Waals surface area (Å²) in [5.41, 5.74) is 3.29. The minimum absolute atomic E-state index is 0.0330. The number of carbonyl (C=O) groups excluding carboxylic acids is 1. The first-order valence-electron chi connectivity index (χ1n) is 12.0. The zero-order valence-corrected chi connectivity index (χ0v) is 19.7. The van der Waals surface area contributed by atoms with E-state index < -0.39 is 6.10 Å². The van der Waals surface area contributed by atoms with Crippen molar-refractivity contribution in [2.45, 2.75) is 64.9 Å². The number of aliphatic hydroxyl groups is 1. The summed E-state index contributed by atoms with van der Waals surface area (Å²) in [4.78, 5) is 17.8. The predicted octanol–water partition coefficient (Wildman–Crippen LogP) is 4.18. The molecule has 1 N–H and O–H groups in total. The molecule has 2 saturated heterocycles. The fraction of sp³-hybridized carbons (Fsp3) is 0.654. The summed E-state index contributed by atoms with van der Waals surface area (Å²) >= 11 is 0. The first-order chi connectivity index (χ1) is 14.8. The third kappa shape index (κ3) is 6.64. The van der Waals surface area contributed by atoms with E-state index in [9.17, 15) is 9.90 Å². The summed E-state index contributed by atoms with van der Waals surface area (Å²) in [7, 11) is 0. The van der Waals surface area contributed by atoms with E-state index >= 15 is 0 Å². The highest BCUT2D eigenvalue weighted by Crippen LogP contribution is 2.31. The van der Waals surface area contributed by atoms with Crippen molar-refractivity contribution in [1.29, 1.82) is 0 Å². The lowest BCUT2D eigenvalue weighted by Crippen LogP contribution is -2.33. The Kier molecular flexibility index (Phi) is 8.70. The molecule has 0 radical (unpaired) electrons. The van der Waals surface area contributed by atoms with Gasteiger partial charge in [0.05, 0.1) is 0 Å². The Morgan fingerprint density at radius 1 is 1.06 bits per heavy atom. The highest BCUT2D eigenvalue weighted by molar-refractivity contribution is 6.09. The number of ether oxygens (including phenoxy) is 1. The molecule has 0 amide bonds. The van der Waals surface area contributed by atoms with E-state index in [2.05, 4.69) is 30.2 Å². The number of carbonyl (C=O) groups is 1.